The second-order valence-electron chi connectivity index (χ2n) is 4.26. The van der Waals surface area contributed by atoms with E-state index in [9.17, 15) is 13.2 Å². The van der Waals surface area contributed by atoms with Crippen LogP contribution in [0.2, 0.25) is 0 Å². The van der Waals surface area contributed by atoms with Gasteiger partial charge in [-0.1, -0.05) is 0 Å². The number of hydrogen-bond acceptors (Lipinski definition) is 5. The van der Waals surface area contributed by atoms with E-state index in [2.05, 4.69) is 10.2 Å². The van der Waals surface area contributed by atoms with Gasteiger partial charge in [-0.15, -0.1) is 0 Å². The normalized spacial score (nSPS) is 12.3. The van der Waals surface area contributed by atoms with Gasteiger partial charge < -0.3 is 10.2 Å². The Morgan fingerprint density at radius 1 is 1.47 bits per heavy atom. The number of aromatic carboxylic acids is 1. The Bertz CT molecular complexity index is 564. The van der Waals surface area contributed by atoms with E-state index in [0.29, 0.717) is 0 Å². The first-order valence-corrected chi connectivity index (χ1v) is 7.08. The molecule has 0 saturated heterocycles. The molecule has 8 nitrogen and oxygen atoms in total. The number of aliphatic hydroxyl groups is 1. The van der Waals surface area contributed by atoms with Gasteiger partial charge in [0, 0.05) is 12.6 Å². The van der Waals surface area contributed by atoms with Gasteiger partial charge in [-0.05, 0) is 20.8 Å². The molecule has 19 heavy (non-hydrogen) atoms. The molecular weight excluding hydrogens is 274 g/mol. The molecular formula is C10H17N3O5S. The number of nitrogens with zero attached hydrogens (tertiary/aromatic N) is 2. The molecule has 108 valence electrons. The maximum Gasteiger partial charge on any atom is 0.357 e. The molecule has 1 aromatic rings. The Balaban J connectivity index is 3.41. The van der Waals surface area contributed by atoms with Gasteiger partial charge in [0.2, 0.25) is 10.0 Å². The van der Waals surface area contributed by atoms with Gasteiger partial charge in [-0.2, -0.15) is 9.40 Å². The molecule has 0 saturated carbocycles. The average Bonchev–Trinajstić information content (AvgIpc) is 2.68. The predicted molar refractivity (Wildman–Crippen MR) is 66.4 cm³/mol. The van der Waals surface area contributed by atoms with Crippen LogP contribution in [0.15, 0.2) is 4.90 Å². The highest BCUT2D eigenvalue weighted by Crippen LogP contribution is 2.23. The fraction of sp³-hybridized carbons (Fsp3) is 0.600. The lowest BCUT2D eigenvalue weighted by Gasteiger charge is -2.24. The van der Waals surface area contributed by atoms with Crippen molar-refractivity contribution < 1.29 is 23.4 Å². The van der Waals surface area contributed by atoms with Crippen LogP contribution in [0.25, 0.3) is 0 Å². The van der Waals surface area contributed by atoms with Crippen LogP contribution in [-0.2, 0) is 10.0 Å². The summed E-state index contributed by atoms with van der Waals surface area (Å²) >= 11 is 0. The summed E-state index contributed by atoms with van der Waals surface area (Å²) in [7, 11) is -4.03. The SMILES string of the molecule is Cc1[nH]nc(C(=O)O)c1S(=O)(=O)N(CCO)C(C)C. The molecule has 1 rings (SSSR count). The van der Waals surface area contributed by atoms with Crippen LogP contribution in [0.5, 0.6) is 0 Å². The van der Waals surface area contributed by atoms with Gasteiger partial charge in [0.15, 0.2) is 5.69 Å². The lowest BCUT2D eigenvalue weighted by molar-refractivity contribution is 0.0686. The Kier molecular flexibility index (Phi) is 4.66. The van der Waals surface area contributed by atoms with Crippen molar-refractivity contribution in [3.05, 3.63) is 11.4 Å². The van der Waals surface area contributed by atoms with Gasteiger partial charge in [0.05, 0.1) is 12.3 Å². The molecule has 0 atom stereocenters. The minimum atomic E-state index is -4.03. The summed E-state index contributed by atoms with van der Waals surface area (Å²) in [5.41, 5.74) is -0.387. The van der Waals surface area contributed by atoms with E-state index in [0.717, 1.165) is 4.31 Å². The summed E-state index contributed by atoms with van der Waals surface area (Å²) in [5.74, 6) is -1.42. The van der Waals surface area contributed by atoms with E-state index in [4.69, 9.17) is 10.2 Å². The van der Waals surface area contributed by atoms with Crippen molar-refractivity contribution in [3.8, 4) is 0 Å². The highest BCUT2D eigenvalue weighted by Gasteiger charge is 2.34. The first kappa shape index (κ1) is 15.6. The minimum Gasteiger partial charge on any atom is -0.476 e. The van der Waals surface area contributed by atoms with Crippen molar-refractivity contribution in [3.63, 3.8) is 0 Å². The topological polar surface area (TPSA) is 124 Å². The molecule has 0 aliphatic heterocycles. The number of carboxylic acid groups (broad SMARTS) is 1. The molecule has 0 unspecified atom stereocenters. The second-order valence-corrected chi connectivity index (χ2v) is 6.09. The summed E-state index contributed by atoms with van der Waals surface area (Å²) in [6, 6.07) is -0.409. The molecule has 0 aliphatic rings. The predicted octanol–water partition coefficient (Wildman–Crippen LogP) is -0.192. The van der Waals surface area contributed by atoms with E-state index in [1.54, 1.807) is 13.8 Å². The summed E-state index contributed by atoms with van der Waals surface area (Å²) in [6.45, 7) is 4.26. The van der Waals surface area contributed by atoms with Gasteiger partial charge in [-0.3, -0.25) is 5.10 Å². The number of hydrogen-bond donors (Lipinski definition) is 3. The Morgan fingerprint density at radius 2 is 2.05 bits per heavy atom. The number of aromatic nitrogens is 2. The lowest BCUT2D eigenvalue weighted by Crippen LogP contribution is -2.39. The number of rotatable bonds is 6. The van der Waals surface area contributed by atoms with Gasteiger partial charge >= 0.3 is 5.97 Å². The van der Waals surface area contributed by atoms with Gasteiger partial charge in [-0.25, -0.2) is 13.2 Å². The van der Waals surface area contributed by atoms with E-state index in [-0.39, 0.29) is 23.7 Å². The summed E-state index contributed by atoms with van der Waals surface area (Å²) in [4.78, 5) is 10.7. The maximum atomic E-state index is 12.5. The summed E-state index contributed by atoms with van der Waals surface area (Å²) in [6.07, 6.45) is 0. The standard InChI is InChI=1S/C10H17N3O5S/c1-6(2)13(4-5-14)19(17,18)9-7(3)11-12-8(9)10(15)16/h6,14H,4-5H2,1-3H3,(H,11,12)(H,15,16). The molecule has 0 amide bonds. The molecule has 3 N–H and O–H groups in total. The number of carboxylic acids is 1. The highest BCUT2D eigenvalue weighted by molar-refractivity contribution is 7.89. The van der Waals surface area contributed by atoms with E-state index in [1.807, 2.05) is 0 Å². The molecule has 0 bridgehead atoms. The van der Waals surface area contributed by atoms with Crippen molar-refractivity contribution in [2.24, 2.45) is 0 Å². The molecule has 0 aliphatic carbocycles. The van der Waals surface area contributed by atoms with Gasteiger partial charge in [0.25, 0.3) is 0 Å². The number of nitrogens with one attached hydrogen (secondary N) is 1. The zero-order valence-corrected chi connectivity index (χ0v) is 11.7. The third-order valence-corrected chi connectivity index (χ3v) is 4.79. The number of aryl methyl sites for hydroxylation is 1. The number of aliphatic hydroxyl groups excluding tert-OH is 1. The molecule has 9 heteroatoms. The fourth-order valence-corrected chi connectivity index (χ4v) is 3.67. The van der Waals surface area contributed by atoms with Crippen LogP contribution >= 0.6 is 0 Å². The summed E-state index contributed by atoms with van der Waals surface area (Å²) < 4.78 is 26.0. The van der Waals surface area contributed by atoms with Crippen LogP contribution in [-0.4, -0.2) is 58.3 Å². The number of carbonyl (C=O) groups is 1. The molecule has 0 fully saturated rings. The van der Waals surface area contributed by atoms with Crippen molar-refractivity contribution in [1.29, 1.82) is 0 Å². The van der Waals surface area contributed by atoms with Crippen LogP contribution in [0.3, 0.4) is 0 Å². The molecule has 0 spiro atoms. The second kappa shape index (κ2) is 5.68. The Hall–Kier alpha value is -1.45. The van der Waals surface area contributed by atoms with Crippen LogP contribution in [0.4, 0.5) is 0 Å². The smallest absolute Gasteiger partial charge is 0.357 e. The zero-order chi connectivity index (χ0) is 14.8. The van der Waals surface area contributed by atoms with E-state index >= 15 is 0 Å². The van der Waals surface area contributed by atoms with E-state index in [1.165, 1.54) is 6.92 Å². The fourth-order valence-electron chi connectivity index (χ4n) is 1.75. The van der Waals surface area contributed by atoms with Crippen molar-refractivity contribution >= 4 is 16.0 Å². The average molecular weight is 291 g/mol. The largest absolute Gasteiger partial charge is 0.476 e. The van der Waals surface area contributed by atoms with Crippen molar-refractivity contribution in [1.82, 2.24) is 14.5 Å². The molecule has 1 heterocycles. The number of H-pyrrole nitrogens is 1. The van der Waals surface area contributed by atoms with Crippen molar-refractivity contribution in [2.75, 3.05) is 13.2 Å². The van der Waals surface area contributed by atoms with E-state index < -0.39 is 27.7 Å². The highest BCUT2D eigenvalue weighted by atomic mass is 32.2. The van der Waals surface area contributed by atoms with Gasteiger partial charge in [0.1, 0.15) is 4.90 Å². The monoisotopic (exact) mass is 291 g/mol. The first-order valence-electron chi connectivity index (χ1n) is 5.64. The Morgan fingerprint density at radius 3 is 2.47 bits per heavy atom. The van der Waals surface area contributed by atoms with Crippen LogP contribution < -0.4 is 0 Å². The summed E-state index contributed by atoms with van der Waals surface area (Å²) in [5, 5.41) is 23.8. The molecule has 0 radical (unpaired) electrons. The van der Waals surface area contributed by atoms with Crippen LogP contribution in [0.1, 0.15) is 30.0 Å². The third-order valence-electron chi connectivity index (χ3n) is 2.56. The quantitative estimate of drug-likeness (QED) is 0.667. The van der Waals surface area contributed by atoms with Crippen LogP contribution in [0, 0.1) is 6.92 Å². The molecule has 1 aromatic heterocycles. The van der Waals surface area contributed by atoms with Crippen molar-refractivity contribution in [2.45, 2.75) is 31.7 Å². The minimum absolute atomic E-state index is 0.107. The zero-order valence-electron chi connectivity index (χ0n) is 10.9. The maximum absolute atomic E-state index is 12.5. The first-order chi connectivity index (χ1) is 8.73. The molecule has 0 aromatic carbocycles. The number of sulfonamides is 1. The third kappa shape index (κ3) is 2.94. The number of aromatic amines is 1. The lowest BCUT2D eigenvalue weighted by atomic mass is 10.4. The Labute approximate surface area is 111 Å².